The van der Waals surface area contributed by atoms with Gasteiger partial charge in [-0.15, -0.1) is 0 Å². The van der Waals surface area contributed by atoms with Gasteiger partial charge in [-0.1, -0.05) is 0 Å². The molecule has 3 rings (SSSR count). The van der Waals surface area contributed by atoms with Crippen molar-refractivity contribution in [3.63, 3.8) is 0 Å². The maximum Gasteiger partial charge on any atom is 0.128 e. The van der Waals surface area contributed by atoms with Crippen LogP contribution in [0.3, 0.4) is 0 Å². The summed E-state index contributed by atoms with van der Waals surface area (Å²) in [4.78, 5) is 0. The first kappa shape index (κ1) is 8.71. The Bertz CT molecular complexity index is 417. The average molecular weight is 204 g/mol. The Morgan fingerprint density at radius 1 is 1.47 bits per heavy atom. The van der Waals surface area contributed by atoms with Gasteiger partial charge in [-0.2, -0.15) is 10.2 Å². The third-order valence-electron chi connectivity index (χ3n) is 2.96. The molecule has 1 aromatic carbocycles. The number of fused-ring (bicyclic) bond motifs is 3. The lowest BCUT2D eigenvalue weighted by molar-refractivity contribution is 0.213. The number of hydrogen-bond donors (Lipinski definition) is 0. The van der Waals surface area contributed by atoms with Gasteiger partial charge in [-0.05, 0) is 12.1 Å². The van der Waals surface area contributed by atoms with Crippen LogP contribution in [0.1, 0.15) is 11.6 Å². The van der Waals surface area contributed by atoms with Crippen LogP contribution in [0, 0.1) is 5.92 Å². The van der Waals surface area contributed by atoms with Crippen molar-refractivity contribution in [3.8, 4) is 11.5 Å². The second-order valence-corrected chi connectivity index (χ2v) is 3.86. The van der Waals surface area contributed by atoms with Crippen LogP contribution in [0.4, 0.5) is 0 Å². The van der Waals surface area contributed by atoms with E-state index in [1.165, 1.54) is 0 Å². The summed E-state index contributed by atoms with van der Waals surface area (Å²) in [5.74, 6) is 2.13. The third-order valence-corrected chi connectivity index (χ3v) is 2.96. The number of methoxy groups -OCH3 is 1. The van der Waals surface area contributed by atoms with Gasteiger partial charge in [0.25, 0.3) is 0 Å². The highest BCUT2D eigenvalue weighted by molar-refractivity contribution is 5.44. The van der Waals surface area contributed by atoms with E-state index in [0.717, 1.165) is 23.6 Å². The van der Waals surface area contributed by atoms with Crippen LogP contribution in [0.15, 0.2) is 28.4 Å². The summed E-state index contributed by atoms with van der Waals surface area (Å²) in [5.41, 5.74) is 1.13. The molecule has 2 atom stereocenters. The lowest BCUT2D eigenvalue weighted by Crippen LogP contribution is -2.23. The van der Waals surface area contributed by atoms with Gasteiger partial charge in [0.1, 0.15) is 17.5 Å². The first-order chi connectivity index (χ1) is 7.38. The largest absolute Gasteiger partial charge is 0.497 e. The quantitative estimate of drug-likeness (QED) is 0.703. The van der Waals surface area contributed by atoms with Gasteiger partial charge >= 0.3 is 0 Å². The van der Waals surface area contributed by atoms with Gasteiger partial charge in [0.2, 0.25) is 0 Å². The minimum absolute atomic E-state index is 0.194. The molecule has 1 aromatic rings. The predicted molar refractivity (Wildman–Crippen MR) is 54.4 cm³/mol. The minimum atomic E-state index is 0.194. The summed E-state index contributed by atoms with van der Waals surface area (Å²) in [6.45, 7) is 1.49. The van der Waals surface area contributed by atoms with E-state index >= 15 is 0 Å². The van der Waals surface area contributed by atoms with E-state index in [2.05, 4.69) is 10.2 Å². The fourth-order valence-electron chi connectivity index (χ4n) is 2.10. The molecule has 4 nitrogen and oxygen atoms in total. The Hall–Kier alpha value is -1.58. The van der Waals surface area contributed by atoms with E-state index in [1.54, 1.807) is 7.11 Å². The van der Waals surface area contributed by atoms with Crippen LogP contribution < -0.4 is 9.47 Å². The average Bonchev–Trinajstić information content (AvgIpc) is 2.76. The molecule has 2 aliphatic rings. The zero-order valence-corrected chi connectivity index (χ0v) is 8.51. The van der Waals surface area contributed by atoms with Crippen molar-refractivity contribution in [1.82, 2.24) is 0 Å². The molecule has 0 bridgehead atoms. The van der Waals surface area contributed by atoms with Gasteiger partial charge < -0.3 is 9.47 Å². The van der Waals surface area contributed by atoms with Crippen molar-refractivity contribution < 1.29 is 9.47 Å². The van der Waals surface area contributed by atoms with Gasteiger partial charge in [-0.3, -0.25) is 0 Å². The van der Waals surface area contributed by atoms with Gasteiger partial charge in [0.15, 0.2) is 0 Å². The van der Waals surface area contributed by atoms with Crippen LogP contribution in [0.5, 0.6) is 11.5 Å². The minimum Gasteiger partial charge on any atom is -0.497 e. The molecular weight excluding hydrogens is 192 g/mol. The number of azo groups is 1. The normalized spacial score (nSPS) is 26.7. The van der Waals surface area contributed by atoms with Crippen molar-refractivity contribution in [2.75, 3.05) is 20.3 Å². The highest BCUT2D eigenvalue weighted by atomic mass is 16.5. The first-order valence-corrected chi connectivity index (χ1v) is 5.06. The van der Waals surface area contributed by atoms with Crippen molar-refractivity contribution in [2.24, 2.45) is 16.1 Å². The fourth-order valence-corrected chi connectivity index (χ4v) is 2.10. The molecule has 0 radical (unpaired) electrons. The Morgan fingerprint density at radius 2 is 2.40 bits per heavy atom. The zero-order chi connectivity index (χ0) is 10.3. The lowest BCUT2D eigenvalue weighted by atomic mass is 9.92. The van der Waals surface area contributed by atoms with Crippen molar-refractivity contribution in [2.45, 2.75) is 6.04 Å². The molecule has 78 valence electrons. The van der Waals surface area contributed by atoms with Crippen molar-refractivity contribution in [3.05, 3.63) is 23.8 Å². The molecule has 15 heavy (non-hydrogen) atoms. The van der Waals surface area contributed by atoms with E-state index in [1.807, 2.05) is 18.2 Å². The first-order valence-electron chi connectivity index (χ1n) is 5.06. The molecule has 0 aromatic heterocycles. The maximum atomic E-state index is 5.68. The summed E-state index contributed by atoms with van der Waals surface area (Å²) in [5, 5.41) is 8.34. The van der Waals surface area contributed by atoms with E-state index < -0.39 is 0 Å². The summed E-state index contributed by atoms with van der Waals surface area (Å²) in [6.07, 6.45) is 0. The Balaban J connectivity index is 2.03. The van der Waals surface area contributed by atoms with E-state index in [9.17, 15) is 0 Å². The second kappa shape index (κ2) is 3.22. The zero-order valence-electron chi connectivity index (χ0n) is 8.51. The summed E-state index contributed by atoms with van der Waals surface area (Å²) >= 11 is 0. The van der Waals surface area contributed by atoms with Gasteiger partial charge in [-0.25, -0.2) is 0 Å². The molecule has 0 spiro atoms. The van der Waals surface area contributed by atoms with E-state index in [4.69, 9.17) is 9.47 Å². The SMILES string of the molecule is COc1ccc2c(c1)OCC1CN=NC21. The third kappa shape index (κ3) is 1.28. The van der Waals surface area contributed by atoms with Crippen LogP contribution in [-0.2, 0) is 0 Å². The number of ether oxygens (including phenoxy) is 2. The van der Waals surface area contributed by atoms with E-state index in [-0.39, 0.29) is 6.04 Å². The van der Waals surface area contributed by atoms with Gasteiger partial charge in [0.05, 0.1) is 20.3 Å². The standard InChI is InChI=1S/C11H12N2O2/c1-14-8-2-3-9-10(4-8)15-6-7-5-12-13-11(7)9/h2-4,7,11H,5-6H2,1H3. The fraction of sp³-hybridized carbons (Fsp3) is 0.455. The van der Waals surface area contributed by atoms with Crippen LogP contribution in [0.25, 0.3) is 0 Å². The van der Waals surface area contributed by atoms with Crippen LogP contribution in [0.2, 0.25) is 0 Å². The highest BCUT2D eigenvalue weighted by Gasteiger charge is 2.34. The smallest absolute Gasteiger partial charge is 0.128 e. The van der Waals surface area contributed by atoms with Gasteiger partial charge in [0, 0.05) is 17.5 Å². The molecule has 0 amide bonds. The summed E-state index contributed by atoms with van der Waals surface area (Å²) < 4.78 is 10.8. The van der Waals surface area contributed by atoms with Crippen LogP contribution in [-0.4, -0.2) is 20.3 Å². The monoisotopic (exact) mass is 204 g/mol. The maximum absolute atomic E-state index is 5.68. The molecule has 0 saturated carbocycles. The summed E-state index contributed by atoms with van der Waals surface area (Å²) in [6, 6.07) is 6.08. The molecule has 0 fully saturated rings. The highest BCUT2D eigenvalue weighted by Crippen LogP contribution is 2.42. The number of benzene rings is 1. The lowest BCUT2D eigenvalue weighted by Gasteiger charge is -2.26. The van der Waals surface area contributed by atoms with E-state index in [0.29, 0.717) is 12.5 Å². The second-order valence-electron chi connectivity index (χ2n) is 3.86. The molecule has 0 aliphatic carbocycles. The summed E-state index contributed by atoms with van der Waals surface area (Å²) in [7, 11) is 1.66. The number of nitrogens with zero attached hydrogens (tertiary/aromatic N) is 2. The van der Waals surface area contributed by atoms with Crippen molar-refractivity contribution >= 4 is 0 Å². The number of rotatable bonds is 1. The number of hydrogen-bond acceptors (Lipinski definition) is 4. The Morgan fingerprint density at radius 3 is 3.27 bits per heavy atom. The molecule has 2 heterocycles. The molecule has 0 N–H and O–H groups in total. The van der Waals surface area contributed by atoms with Crippen LogP contribution >= 0.6 is 0 Å². The Kier molecular flexibility index (Phi) is 1.87. The molecule has 2 aliphatic heterocycles. The molecule has 2 unspecified atom stereocenters. The molecule has 4 heteroatoms. The Labute approximate surface area is 87.9 Å². The molecular formula is C11H12N2O2. The predicted octanol–water partition coefficient (Wildman–Crippen LogP) is 2.21. The topological polar surface area (TPSA) is 43.2 Å². The van der Waals surface area contributed by atoms with Crippen molar-refractivity contribution in [1.29, 1.82) is 0 Å². The molecule has 0 saturated heterocycles.